The molecule has 4 aliphatic heterocycles. The Labute approximate surface area is 281 Å². The van der Waals surface area contributed by atoms with Crippen molar-refractivity contribution in [3.8, 4) is 0 Å². The molecule has 5 unspecified atom stereocenters. The molecule has 6 N–H and O–H groups in total. The molecule has 254 valence electrons. The zero-order valence-corrected chi connectivity index (χ0v) is 28.3. The summed E-state index contributed by atoms with van der Waals surface area (Å²) in [6.07, 6.45) is 1.38. The van der Waals surface area contributed by atoms with Gasteiger partial charge in [0.25, 0.3) is 0 Å². The Kier molecular flexibility index (Phi) is 13.5. The Morgan fingerprint density at radius 3 is 1.43 bits per heavy atom. The van der Waals surface area contributed by atoms with Crippen LogP contribution in [0.15, 0.2) is 0 Å². The molecule has 0 saturated carbocycles. The van der Waals surface area contributed by atoms with Crippen LogP contribution in [0, 0.1) is 0 Å². The number of ether oxygens (including phenoxy) is 2. The molecule has 0 aromatic heterocycles. The summed E-state index contributed by atoms with van der Waals surface area (Å²) in [7, 11) is 4.72. The van der Waals surface area contributed by atoms with Gasteiger partial charge in [-0.05, 0) is 12.8 Å². The van der Waals surface area contributed by atoms with E-state index in [0.29, 0.717) is 24.3 Å². The fraction of sp³-hybridized carbons (Fsp3) is 0.692. The molecule has 0 spiro atoms. The molecular weight excluding hydrogens is 685 g/mol. The molecule has 4 amide bonds. The quantitative estimate of drug-likeness (QED) is 0.0581. The molecule has 0 aromatic rings. The normalized spacial score (nSPS) is 28.5. The lowest BCUT2D eigenvalue weighted by molar-refractivity contribution is -0.144. The lowest BCUT2D eigenvalue weighted by atomic mass is 10.1. The standard InChI is InChI=1S/C26H36N6O10S4/c1-41-25(39)15(29-21(37)13-7-43-23(31-13)19(35)11-3-5-17(33)27-11)9-45-46-10-16(26(40)42-2)30-22(38)14-8-44-24(32-14)20(36)12-4-6-18(34)28-12/h11-16,23-24,31-32H,3-10H2,1-2H3,(H,27,33)(H,28,34)(H,29,37)(H,30,38)/t11-,12-,13?,14?,15-,16?,23?,24?/m0/s1. The van der Waals surface area contributed by atoms with E-state index in [9.17, 15) is 38.4 Å². The van der Waals surface area contributed by atoms with Crippen LogP contribution in [0.3, 0.4) is 0 Å². The van der Waals surface area contributed by atoms with E-state index >= 15 is 0 Å². The smallest absolute Gasteiger partial charge is 0.329 e. The number of methoxy groups -OCH3 is 2. The Balaban J connectivity index is 1.22. The maximum atomic E-state index is 12.9. The highest BCUT2D eigenvalue weighted by molar-refractivity contribution is 8.76. The van der Waals surface area contributed by atoms with Gasteiger partial charge in [-0.15, -0.1) is 23.5 Å². The van der Waals surface area contributed by atoms with Crippen LogP contribution in [0.4, 0.5) is 0 Å². The first-order valence-electron chi connectivity index (χ1n) is 14.4. The first kappa shape index (κ1) is 36.3. The molecule has 0 radical (unpaired) electrons. The van der Waals surface area contributed by atoms with Gasteiger partial charge in [0.05, 0.1) is 38.4 Å². The Bertz CT molecular complexity index is 1150. The predicted molar refractivity (Wildman–Crippen MR) is 171 cm³/mol. The molecule has 4 heterocycles. The van der Waals surface area contributed by atoms with Gasteiger partial charge in [-0.3, -0.25) is 39.4 Å². The second-order valence-electron chi connectivity index (χ2n) is 10.7. The Morgan fingerprint density at radius 1 is 0.717 bits per heavy atom. The van der Waals surface area contributed by atoms with Crippen LogP contribution in [0.2, 0.25) is 0 Å². The highest BCUT2D eigenvalue weighted by atomic mass is 33.1. The summed E-state index contributed by atoms with van der Waals surface area (Å²) in [5, 5.41) is 15.2. The largest absolute Gasteiger partial charge is 0.467 e. The average Bonchev–Trinajstić information content (AvgIpc) is 3.87. The molecule has 20 heteroatoms. The first-order chi connectivity index (χ1) is 22.0. The van der Waals surface area contributed by atoms with Crippen molar-refractivity contribution in [2.75, 3.05) is 37.2 Å². The summed E-state index contributed by atoms with van der Waals surface area (Å²) in [5.41, 5.74) is 0. The van der Waals surface area contributed by atoms with Crippen molar-refractivity contribution in [2.24, 2.45) is 0 Å². The van der Waals surface area contributed by atoms with Gasteiger partial charge in [0, 0.05) is 35.9 Å². The van der Waals surface area contributed by atoms with Crippen LogP contribution in [0.25, 0.3) is 0 Å². The summed E-state index contributed by atoms with van der Waals surface area (Å²) >= 11 is 2.51. The summed E-state index contributed by atoms with van der Waals surface area (Å²) in [5.74, 6) is -2.40. The molecule has 4 rings (SSSR count). The SMILES string of the molecule is COC(=O)C(CSSC[C@H](NC(=O)C1CSC(C(=O)[C@@H]2CCC(=O)N2)N1)C(=O)OC)NC(=O)C1CSC(C(=O)[C@@H]2CCC(=O)N2)N1. The van der Waals surface area contributed by atoms with E-state index in [1.54, 1.807) is 0 Å². The van der Waals surface area contributed by atoms with Crippen LogP contribution >= 0.6 is 45.1 Å². The van der Waals surface area contributed by atoms with E-state index in [-0.39, 0.29) is 47.7 Å². The molecule has 0 aromatic carbocycles. The number of carbonyl (C=O) groups is 8. The van der Waals surface area contributed by atoms with Gasteiger partial charge in [-0.25, -0.2) is 9.59 Å². The van der Waals surface area contributed by atoms with E-state index in [2.05, 4.69) is 31.9 Å². The van der Waals surface area contributed by atoms with Gasteiger partial charge >= 0.3 is 11.9 Å². The van der Waals surface area contributed by atoms with Crippen molar-refractivity contribution in [1.82, 2.24) is 31.9 Å². The van der Waals surface area contributed by atoms with E-state index < -0.39 is 70.8 Å². The summed E-state index contributed by atoms with van der Waals surface area (Å²) in [6, 6.07) is -4.72. The van der Waals surface area contributed by atoms with Crippen molar-refractivity contribution in [1.29, 1.82) is 0 Å². The van der Waals surface area contributed by atoms with Crippen molar-refractivity contribution < 1.29 is 47.8 Å². The zero-order chi connectivity index (χ0) is 33.4. The van der Waals surface area contributed by atoms with Crippen molar-refractivity contribution in [3.63, 3.8) is 0 Å². The third-order valence-electron chi connectivity index (χ3n) is 7.55. The number of esters is 2. The lowest BCUT2D eigenvalue weighted by Crippen LogP contribution is -2.53. The molecule has 46 heavy (non-hydrogen) atoms. The van der Waals surface area contributed by atoms with Gasteiger partial charge in [0.1, 0.15) is 22.8 Å². The van der Waals surface area contributed by atoms with Crippen LogP contribution < -0.4 is 31.9 Å². The molecule has 0 bridgehead atoms. The number of amides is 4. The average molecular weight is 721 g/mol. The number of Topliss-reactive ketones (excluding diaryl/α,β-unsaturated/α-hetero) is 2. The van der Waals surface area contributed by atoms with Crippen LogP contribution in [0.1, 0.15) is 25.7 Å². The predicted octanol–water partition coefficient (Wildman–Crippen LogP) is -2.56. The Morgan fingerprint density at radius 2 is 1.11 bits per heavy atom. The number of hydrogen-bond acceptors (Lipinski definition) is 16. The number of carbonyl (C=O) groups excluding carboxylic acids is 8. The second kappa shape index (κ2) is 17.0. The molecule has 4 aliphatic rings. The van der Waals surface area contributed by atoms with E-state index in [4.69, 9.17) is 9.47 Å². The Hall–Kier alpha value is -2.52. The van der Waals surface area contributed by atoms with Gasteiger partial charge < -0.3 is 30.7 Å². The topological polar surface area (TPSA) is 227 Å². The number of nitrogens with one attached hydrogen (secondary N) is 6. The molecule has 8 atom stereocenters. The fourth-order valence-corrected chi connectivity index (χ4v) is 9.73. The van der Waals surface area contributed by atoms with E-state index in [1.165, 1.54) is 59.3 Å². The maximum absolute atomic E-state index is 12.9. The molecule has 4 saturated heterocycles. The van der Waals surface area contributed by atoms with Gasteiger partial charge in [-0.1, -0.05) is 21.6 Å². The maximum Gasteiger partial charge on any atom is 0.329 e. The van der Waals surface area contributed by atoms with Crippen LogP contribution in [-0.2, 0) is 47.8 Å². The summed E-state index contributed by atoms with van der Waals surface area (Å²) < 4.78 is 9.68. The number of rotatable bonds is 15. The third kappa shape index (κ3) is 9.52. The molecule has 0 aliphatic carbocycles. The number of hydrogen-bond donors (Lipinski definition) is 6. The van der Waals surface area contributed by atoms with Crippen molar-refractivity contribution in [3.05, 3.63) is 0 Å². The minimum absolute atomic E-state index is 0.0730. The van der Waals surface area contributed by atoms with Gasteiger partial charge in [0.15, 0.2) is 11.6 Å². The van der Waals surface area contributed by atoms with E-state index in [1.807, 2.05) is 0 Å². The molecular formula is C26H36N6O10S4. The summed E-state index contributed by atoms with van der Waals surface area (Å²) in [4.78, 5) is 99.0. The summed E-state index contributed by atoms with van der Waals surface area (Å²) in [6.45, 7) is 0. The van der Waals surface area contributed by atoms with Crippen molar-refractivity contribution >= 4 is 92.2 Å². The highest BCUT2D eigenvalue weighted by Crippen LogP contribution is 2.26. The minimum atomic E-state index is -1.03. The minimum Gasteiger partial charge on any atom is -0.467 e. The number of thioether (sulfide) groups is 2. The third-order valence-corrected chi connectivity index (χ3v) is 12.4. The zero-order valence-electron chi connectivity index (χ0n) is 25.0. The fourth-order valence-electron chi connectivity index (χ4n) is 4.99. The van der Waals surface area contributed by atoms with E-state index in [0.717, 1.165) is 0 Å². The van der Waals surface area contributed by atoms with Crippen LogP contribution in [0.5, 0.6) is 0 Å². The van der Waals surface area contributed by atoms with Gasteiger partial charge in [0.2, 0.25) is 23.6 Å². The van der Waals surface area contributed by atoms with Gasteiger partial charge in [-0.2, -0.15) is 0 Å². The highest BCUT2D eigenvalue weighted by Gasteiger charge is 2.41. The first-order valence-corrected chi connectivity index (χ1v) is 19.0. The monoisotopic (exact) mass is 720 g/mol. The second-order valence-corrected chi connectivity index (χ2v) is 15.6. The number of ketones is 2. The molecule has 4 fully saturated rings. The van der Waals surface area contributed by atoms with Crippen molar-refractivity contribution in [2.45, 2.75) is 72.7 Å². The van der Waals surface area contributed by atoms with Crippen LogP contribution in [-0.4, -0.2) is 131 Å². The lowest BCUT2D eigenvalue weighted by Gasteiger charge is -2.21. The molecule has 16 nitrogen and oxygen atoms in total.